The summed E-state index contributed by atoms with van der Waals surface area (Å²) < 4.78 is 5.89. The van der Waals surface area contributed by atoms with Gasteiger partial charge < -0.3 is 15.1 Å². The van der Waals surface area contributed by atoms with Gasteiger partial charge in [-0.15, -0.1) is 0 Å². The lowest BCUT2D eigenvalue weighted by molar-refractivity contribution is 0.358. The van der Waals surface area contributed by atoms with Crippen LogP contribution in [0.25, 0.3) is 11.0 Å². The van der Waals surface area contributed by atoms with Gasteiger partial charge in [0.2, 0.25) is 0 Å². The van der Waals surface area contributed by atoms with Gasteiger partial charge in [0, 0.05) is 18.0 Å². The smallest absolute Gasteiger partial charge is 0.134 e. The van der Waals surface area contributed by atoms with E-state index in [1.807, 2.05) is 18.2 Å². The van der Waals surface area contributed by atoms with Crippen molar-refractivity contribution in [1.82, 2.24) is 10.6 Å². The number of hydrogen-bond donors (Lipinski definition) is 2. The van der Waals surface area contributed by atoms with Crippen LogP contribution >= 0.6 is 0 Å². The normalized spacial score (nSPS) is 21.6. The van der Waals surface area contributed by atoms with Crippen molar-refractivity contribution < 1.29 is 4.42 Å². The number of para-hydroxylation sites is 1. The van der Waals surface area contributed by atoms with Crippen LogP contribution < -0.4 is 10.6 Å². The molecule has 1 aromatic carbocycles. The number of fused-ring (bicyclic) bond motifs is 1. The third-order valence-corrected chi connectivity index (χ3v) is 3.95. The van der Waals surface area contributed by atoms with Gasteiger partial charge >= 0.3 is 0 Å². The first-order valence-electron chi connectivity index (χ1n) is 7.28. The summed E-state index contributed by atoms with van der Waals surface area (Å²) in [4.78, 5) is 0. The third kappa shape index (κ3) is 2.99. The minimum Gasteiger partial charge on any atom is -0.459 e. The van der Waals surface area contributed by atoms with Gasteiger partial charge in [-0.2, -0.15) is 0 Å². The van der Waals surface area contributed by atoms with Gasteiger partial charge in [-0.3, -0.25) is 0 Å². The van der Waals surface area contributed by atoms with Crippen LogP contribution in [-0.4, -0.2) is 19.1 Å². The fraction of sp³-hybridized carbons (Fsp3) is 0.500. The molecule has 2 N–H and O–H groups in total. The second kappa shape index (κ2) is 5.76. The lowest BCUT2D eigenvalue weighted by Gasteiger charge is -2.25. The van der Waals surface area contributed by atoms with Gasteiger partial charge in [-0.25, -0.2) is 0 Å². The van der Waals surface area contributed by atoms with E-state index in [2.05, 4.69) is 29.7 Å². The predicted octanol–water partition coefficient (Wildman–Crippen LogP) is 3.23. The summed E-state index contributed by atoms with van der Waals surface area (Å²) in [6.45, 7) is 4.34. The van der Waals surface area contributed by atoms with Crippen LogP contribution in [-0.2, 0) is 0 Å². The van der Waals surface area contributed by atoms with Crippen molar-refractivity contribution in [1.29, 1.82) is 0 Å². The molecule has 1 aliphatic heterocycles. The van der Waals surface area contributed by atoms with E-state index in [4.69, 9.17) is 4.42 Å². The second-order valence-corrected chi connectivity index (χ2v) is 5.46. The molecule has 3 rings (SSSR count). The van der Waals surface area contributed by atoms with Crippen LogP contribution in [0, 0.1) is 0 Å². The van der Waals surface area contributed by atoms with Crippen molar-refractivity contribution in [3.8, 4) is 0 Å². The van der Waals surface area contributed by atoms with Gasteiger partial charge in [0.05, 0.1) is 6.04 Å². The molecule has 102 valence electrons. The third-order valence-electron chi connectivity index (χ3n) is 3.95. The molecule has 3 heteroatoms. The maximum absolute atomic E-state index is 5.89. The molecule has 0 radical (unpaired) electrons. The zero-order valence-electron chi connectivity index (χ0n) is 11.5. The number of furan rings is 1. The summed E-state index contributed by atoms with van der Waals surface area (Å²) in [5, 5.41) is 8.32. The standard InChI is InChI=1S/C16H22N2O/c1-12(18-11-14-7-4-5-9-17-14)16-10-13-6-2-3-8-15(13)19-16/h2-3,6,8,10,12,14,17-18H,4-5,7,9,11H2,1H3. The summed E-state index contributed by atoms with van der Waals surface area (Å²) >= 11 is 0. The molecule has 1 saturated heterocycles. The van der Waals surface area contributed by atoms with Crippen molar-refractivity contribution in [2.45, 2.75) is 38.3 Å². The second-order valence-electron chi connectivity index (χ2n) is 5.46. The Morgan fingerprint density at radius 3 is 3.05 bits per heavy atom. The summed E-state index contributed by atoms with van der Waals surface area (Å²) in [5.41, 5.74) is 0.974. The highest BCUT2D eigenvalue weighted by molar-refractivity contribution is 5.77. The van der Waals surface area contributed by atoms with E-state index in [1.165, 1.54) is 24.6 Å². The molecule has 1 fully saturated rings. The van der Waals surface area contributed by atoms with Crippen LogP contribution in [0.5, 0.6) is 0 Å². The first-order valence-corrected chi connectivity index (χ1v) is 7.28. The molecule has 2 unspecified atom stereocenters. The van der Waals surface area contributed by atoms with Crippen LogP contribution in [0.15, 0.2) is 34.7 Å². The average Bonchev–Trinajstić information content (AvgIpc) is 2.90. The van der Waals surface area contributed by atoms with E-state index in [-0.39, 0.29) is 6.04 Å². The van der Waals surface area contributed by atoms with Crippen molar-refractivity contribution in [2.75, 3.05) is 13.1 Å². The average molecular weight is 258 g/mol. The Kier molecular flexibility index (Phi) is 3.85. The zero-order chi connectivity index (χ0) is 13.1. The summed E-state index contributed by atoms with van der Waals surface area (Å²) in [5.74, 6) is 1.03. The van der Waals surface area contributed by atoms with Gasteiger partial charge in [-0.1, -0.05) is 24.6 Å². The zero-order valence-corrected chi connectivity index (χ0v) is 11.5. The number of nitrogens with one attached hydrogen (secondary N) is 2. The van der Waals surface area contributed by atoms with Crippen LogP contribution in [0.2, 0.25) is 0 Å². The molecule has 0 bridgehead atoms. The summed E-state index contributed by atoms with van der Waals surface area (Å²) in [6.07, 6.45) is 3.94. The fourth-order valence-corrected chi connectivity index (χ4v) is 2.73. The highest BCUT2D eigenvalue weighted by atomic mass is 16.3. The molecular weight excluding hydrogens is 236 g/mol. The lowest BCUT2D eigenvalue weighted by atomic mass is 10.0. The van der Waals surface area contributed by atoms with Gasteiger partial charge in [0.25, 0.3) is 0 Å². The highest BCUT2D eigenvalue weighted by Crippen LogP contribution is 2.23. The number of benzene rings is 1. The predicted molar refractivity (Wildman–Crippen MR) is 78.3 cm³/mol. The molecule has 2 atom stereocenters. The fourth-order valence-electron chi connectivity index (χ4n) is 2.73. The molecule has 0 spiro atoms. The summed E-state index contributed by atoms with van der Waals surface area (Å²) in [7, 11) is 0. The van der Waals surface area contributed by atoms with Crippen molar-refractivity contribution in [3.05, 3.63) is 36.1 Å². The van der Waals surface area contributed by atoms with Crippen LogP contribution in [0.1, 0.15) is 38.0 Å². The quantitative estimate of drug-likeness (QED) is 0.884. The monoisotopic (exact) mass is 258 g/mol. The van der Waals surface area contributed by atoms with Crippen molar-refractivity contribution in [2.24, 2.45) is 0 Å². The molecule has 3 nitrogen and oxygen atoms in total. The van der Waals surface area contributed by atoms with Gasteiger partial charge in [-0.05, 0) is 38.4 Å². The lowest BCUT2D eigenvalue weighted by Crippen LogP contribution is -2.42. The Morgan fingerprint density at radius 2 is 2.26 bits per heavy atom. The largest absolute Gasteiger partial charge is 0.459 e. The molecule has 0 amide bonds. The molecular formula is C16H22N2O. The number of hydrogen-bond acceptors (Lipinski definition) is 3. The molecule has 2 aromatic rings. The SMILES string of the molecule is CC(NCC1CCCCN1)c1cc2ccccc2o1. The Balaban J connectivity index is 1.61. The van der Waals surface area contributed by atoms with E-state index in [9.17, 15) is 0 Å². The van der Waals surface area contributed by atoms with Crippen LogP contribution in [0.3, 0.4) is 0 Å². The maximum atomic E-state index is 5.89. The molecule has 19 heavy (non-hydrogen) atoms. The highest BCUT2D eigenvalue weighted by Gasteiger charge is 2.15. The van der Waals surface area contributed by atoms with Gasteiger partial charge in [0.1, 0.15) is 11.3 Å². The Bertz CT molecular complexity index is 495. The van der Waals surface area contributed by atoms with Crippen molar-refractivity contribution in [3.63, 3.8) is 0 Å². The maximum Gasteiger partial charge on any atom is 0.134 e. The number of piperidine rings is 1. The van der Waals surface area contributed by atoms with Crippen LogP contribution in [0.4, 0.5) is 0 Å². The van der Waals surface area contributed by atoms with E-state index in [0.29, 0.717) is 6.04 Å². The minimum absolute atomic E-state index is 0.260. The van der Waals surface area contributed by atoms with E-state index in [0.717, 1.165) is 24.4 Å². The molecule has 2 heterocycles. The van der Waals surface area contributed by atoms with Crippen molar-refractivity contribution >= 4 is 11.0 Å². The molecule has 0 saturated carbocycles. The van der Waals surface area contributed by atoms with E-state index in [1.54, 1.807) is 0 Å². The topological polar surface area (TPSA) is 37.2 Å². The first kappa shape index (κ1) is 12.7. The minimum atomic E-state index is 0.260. The van der Waals surface area contributed by atoms with E-state index >= 15 is 0 Å². The molecule has 0 aliphatic carbocycles. The number of rotatable bonds is 4. The summed E-state index contributed by atoms with van der Waals surface area (Å²) in [6, 6.07) is 11.2. The molecule has 1 aromatic heterocycles. The molecule has 1 aliphatic rings. The Hall–Kier alpha value is -1.32. The van der Waals surface area contributed by atoms with Gasteiger partial charge in [0.15, 0.2) is 0 Å². The van der Waals surface area contributed by atoms with E-state index < -0.39 is 0 Å². The first-order chi connectivity index (χ1) is 9.33. The Morgan fingerprint density at radius 1 is 1.37 bits per heavy atom. The Labute approximate surface area is 114 Å².